The van der Waals surface area contributed by atoms with Gasteiger partial charge in [-0.15, -0.1) is 0 Å². The average Bonchev–Trinajstić information content (AvgIpc) is 3.35. The summed E-state index contributed by atoms with van der Waals surface area (Å²) in [5.41, 5.74) is 6.92. The van der Waals surface area contributed by atoms with Gasteiger partial charge >= 0.3 is 12.2 Å². The van der Waals surface area contributed by atoms with E-state index < -0.39 is 30.1 Å². The zero-order valence-electron chi connectivity index (χ0n) is 22.1. The van der Waals surface area contributed by atoms with Crippen LogP contribution in [0.5, 0.6) is 0 Å². The fraction of sp³-hybridized carbons (Fsp3) is 0.444. The number of carbonyl (C=O) groups excluding carboxylic acids is 3. The molecule has 2 heterocycles. The first-order valence-electron chi connectivity index (χ1n) is 13.0. The standard InChI is InChI=1S/C27H33F3N6O4/c1-17-2-3-18(12-23(17)34-26(39)36-8-10-40-11-9-36)15-35-7-6-20(16-35)33-24(37)14-32-25(38)21-13-19(27(28,29)30)4-5-22(21)31/h2-5,12-13,20H,6-11,14-16,31H2,1H3,(H,32,38)(H,33,37)(H,34,39)/t20-/m1/s1. The van der Waals surface area contributed by atoms with Gasteiger partial charge in [0.1, 0.15) is 0 Å². The summed E-state index contributed by atoms with van der Waals surface area (Å²) in [7, 11) is 0. The Morgan fingerprint density at radius 1 is 1.07 bits per heavy atom. The van der Waals surface area contributed by atoms with Gasteiger partial charge in [0.2, 0.25) is 5.91 Å². The van der Waals surface area contributed by atoms with E-state index in [2.05, 4.69) is 20.9 Å². The van der Waals surface area contributed by atoms with Crippen molar-refractivity contribution in [2.24, 2.45) is 0 Å². The van der Waals surface area contributed by atoms with Crippen molar-refractivity contribution < 1.29 is 32.3 Å². The summed E-state index contributed by atoms with van der Waals surface area (Å²) < 4.78 is 44.2. The van der Waals surface area contributed by atoms with Gasteiger partial charge in [0.05, 0.1) is 30.9 Å². The van der Waals surface area contributed by atoms with Crippen LogP contribution in [0.1, 0.15) is 33.5 Å². The predicted molar refractivity (Wildman–Crippen MR) is 143 cm³/mol. The van der Waals surface area contributed by atoms with E-state index in [0.717, 1.165) is 35.5 Å². The van der Waals surface area contributed by atoms with Crippen LogP contribution >= 0.6 is 0 Å². The Kier molecular flexibility index (Phi) is 9.15. The number of rotatable bonds is 7. The molecule has 10 nitrogen and oxygen atoms in total. The van der Waals surface area contributed by atoms with Gasteiger partial charge in [0.15, 0.2) is 0 Å². The number of nitrogens with one attached hydrogen (secondary N) is 3. The summed E-state index contributed by atoms with van der Waals surface area (Å²) in [6.07, 6.45) is -3.92. The highest BCUT2D eigenvalue weighted by atomic mass is 19.4. The first-order chi connectivity index (χ1) is 19.0. The van der Waals surface area contributed by atoms with Crippen LogP contribution in [0.3, 0.4) is 0 Å². The normalized spacial score (nSPS) is 17.9. The molecule has 13 heteroatoms. The molecule has 0 aromatic heterocycles. The van der Waals surface area contributed by atoms with E-state index in [-0.39, 0.29) is 23.3 Å². The van der Waals surface area contributed by atoms with Crippen molar-refractivity contribution >= 4 is 29.2 Å². The Morgan fingerprint density at radius 3 is 2.55 bits per heavy atom. The van der Waals surface area contributed by atoms with Gasteiger partial charge in [0.25, 0.3) is 5.91 Å². The van der Waals surface area contributed by atoms with Crippen LogP contribution in [-0.2, 0) is 22.3 Å². The molecule has 2 aliphatic heterocycles. The fourth-order valence-corrected chi connectivity index (χ4v) is 4.68. The Balaban J connectivity index is 1.25. The maximum atomic E-state index is 13.0. The number of halogens is 3. The monoisotopic (exact) mass is 562 g/mol. The Bertz CT molecular complexity index is 1250. The molecule has 2 aromatic rings. The van der Waals surface area contributed by atoms with Crippen LogP contribution in [0.25, 0.3) is 0 Å². The van der Waals surface area contributed by atoms with E-state index in [1.807, 2.05) is 25.1 Å². The summed E-state index contributed by atoms with van der Waals surface area (Å²) in [5, 5.41) is 8.18. The summed E-state index contributed by atoms with van der Waals surface area (Å²) in [6, 6.07) is 8.09. The van der Waals surface area contributed by atoms with E-state index in [9.17, 15) is 27.6 Å². The maximum Gasteiger partial charge on any atom is 0.416 e. The van der Waals surface area contributed by atoms with Crippen molar-refractivity contribution in [3.63, 3.8) is 0 Å². The van der Waals surface area contributed by atoms with E-state index in [4.69, 9.17) is 10.5 Å². The van der Waals surface area contributed by atoms with Crippen LogP contribution in [0.15, 0.2) is 36.4 Å². The van der Waals surface area contributed by atoms with Crippen LogP contribution in [0, 0.1) is 6.92 Å². The van der Waals surface area contributed by atoms with Crippen LogP contribution in [0.4, 0.5) is 29.3 Å². The van der Waals surface area contributed by atoms with Crippen molar-refractivity contribution in [3.8, 4) is 0 Å². The van der Waals surface area contributed by atoms with Gasteiger partial charge in [-0.2, -0.15) is 13.2 Å². The molecule has 1 atom stereocenters. The molecule has 2 aromatic carbocycles. The SMILES string of the molecule is Cc1ccc(CN2CC[C@@H](NC(=O)CNC(=O)c3cc(C(F)(F)F)ccc3N)C2)cc1NC(=O)N1CCOCC1. The first kappa shape index (κ1) is 29.2. The smallest absolute Gasteiger partial charge is 0.398 e. The van der Waals surface area contributed by atoms with Gasteiger partial charge in [-0.3, -0.25) is 14.5 Å². The number of nitrogens with two attached hydrogens (primary N) is 1. The number of carbonyl (C=O) groups is 3. The first-order valence-corrected chi connectivity index (χ1v) is 13.0. The van der Waals surface area contributed by atoms with Crippen molar-refractivity contribution in [1.82, 2.24) is 20.4 Å². The van der Waals surface area contributed by atoms with Crippen LogP contribution < -0.4 is 21.7 Å². The van der Waals surface area contributed by atoms with E-state index in [1.54, 1.807) is 4.90 Å². The number of likely N-dealkylation sites (tertiary alicyclic amines) is 1. The number of benzene rings is 2. The van der Waals surface area contributed by atoms with E-state index >= 15 is 0 Å². The molecule has 0 bridgehead atoms. The summed E-state index contributed by atoms with van der Waals surface area (Å²) in [5.74, 6) is -1.31. The highest BCUT2D eigenvalue weighted by Crippen LogP contribution is 2.31. The third-order valence-corrected chi connectivity index (χ3v) is 6.92. The van der Waals surface area contributed by atoms with Crippen molar-refractivity contribution in [1.29, 1.82) is 0 Å². The molecule has 2 saturated heterocycles. The number of alkyl halides is 3. The molecular weight excluding hydrogens is 529 g/mol. The average molecular weight is 563 g/mol. The lowest BCUT2D eigenvalue weighted by Crippen LogP contribution is -2.43. The van der Waals surface area contributed by atoms with Gasteiger partial charge < -0.3 is 31.3 Å². The van der Waals surface area contributed by atoms with Crippen molar-refractivity contribution in [2.45, 2.75) is 32.1 Å². The lowest BCUT2D eigenvalue weighted by atomic mass is 10.1. The van der Waals surface area contributed by atoms with Crippen molar-refractivity contribution in [2.75, 3.05) is 57.0 Å². The molecule has 216 valence electrons. The highest BCUT2D eigenvalue weighted by molar-refractivity contribution is 6.00. The largest absolute Gasteiger partial charge is 0.416 e. The molecular formula is C27H33F3N6O4. The molecule has 2 fully saturated rings. The Labute approximate surface area is 230 Å². The second kappa shape index (κ2) is 12.6. The third-order valence-electron chi connectivity index (χ3n) is 6.92. The molecule has 0 spiro atoms. The number of urea groups is 1. The van der Waals surface area contributed by atoms with Crippen LogP contribution in [0.2, 0.25) is 0 Å². The van der Waals surface area contributed by atoms with Gasteiger partial charge in [-0.05, 0) is 48.7 Å². The summed E-state index contributed by atoms with van der Waals surface area (Å²) >= 11 is 0. The maximum absolute atomic E-state index is 13.0. The van der Waals surface area contributed by atoms with Crippen molar-refractivity contribution in [3.05, 3.63) is 58.7 Å². The lowest BCUT2D eigenvalue weighted by Gasteiger charge is -2.27. The fourth-order valence-electron chi connectivity index (χ4n) is 4.68. The lowest BCUT2D eigenvalue weighted by molar-refractivity contribution is -0.137. The summed E-state index contributed by atoms with van der Waals surface area (Å²) in [4.78, 5) is 41.3. The Morgan fingerprint density at radius 2 is 1.82 bits per heavy atom. The number of amides is 4. The number of hydrogen-bond acceptors (Lipinski definition) is 6. The third kappa shape index (κ3) is 7.63. The molecule has 40 heavy (non-hydrogen) atoms. The minimum Gasteiger partial charge on any atom is -0.398 e. The molecule has 0 saturated carbocycles. The van der Waals surface area contributed by atoms with E-state index in [1.165, 1.54) is 0 Å². The molecule has 0 unspecified atom stereocenters. The Hall–Kier alpha value is -3.84. The number of nitrogen functional groups attached to an aromatic ring is 1. The quantitative estimate of drug-likeness (QED) is 0.384. The minimum atomic E-state index is -4.62. The number of anilines is 2. The molecule has 4 rings (SSSR count). The molecule has 0 aliphatic carbocycles. The topological polar surface area (TPSA) is 129 Å². The predicted octanol–water partition coefficient (Wildman–Crippen LogP) is 2.58. The molecule has 5 N–H and O–H groups in total. The summed E-state index contributed by atoms with van der Waals surface area (Å²) in [6.45, 7) is 5.63. The van der Waals surface area contributed by atoms with E-state index in [0.29, 0.717) is 51.9 Å². The van der Waals surface area contributed by atoms with Crippen LogP contribution in [-0.4, -0.2) is 79.6 Å². The molecule has 0 radical (unpaired) electrons. The molecule has 4 amide bonds. The second-order valence-corrected chi connectivity index (χ2v) is 9.95. The zero-order chi connectivity index (χ0) is 28.9. The zero-order valence-corrected chi connectivity index (χ0v) is 22.1. The van der Waals surface area contributed by atoms with Gasteiger partial charge in [-0.25, -0.2) is 4.79 Å². The number of aryl methyl sites for hydroxylation is 1. The number of nitrogens with zero attached hydrogens (tertiary/aromatic N) is 2. The number of ether oxygens (including phenoxy) is 1. The van der Waals surface area contributed by atoms with Gasteiger partial charge in [-0.1, -0.05) is 12.1 Å². The minimum absolute atomic E-state index is 0.114. The highest BCUT2D eigenvalue weighted by Gasteiger charge is 2.32. The number of hydrogen-bond donors (Lipinski definition) is 4. The second-order valence-electron chi connectivity index (χ2n) is 9.95. The van der Waals surface area contributed by atoms with Gasteiger partial charge in [0, 0.05) is 50.1 Å². The number of morpholine rings is 1. The molecule has 2 aliphatic rings.